The van der Waals surface area contributed by atoms with Crippen molar-refractivity contribution in [2.45, 2.75) is 82.9 Å². The Labute approximate surface area is 282 Å². The van der Waals surface area contributed by atoms with Crippen molar-refractivity contribution in [3.8, 4) is 22.3 Å². The highest BCUT2D eigenvalue weighted by Crippen LogP contribution is 2.53. The number of hydrogen-bond acceptors (Lipinski definition) is 2. The molecule has 5 aromatic carbocycles. The van der Waals surface area contributed by atoms with Gasteiger partial charge in [-0.15, -0.1) is 0 Å². The quantitative estimate of drug-likeness (QED) is 0.164. The van der Waals surface area contributed by atoms with Crippen LogP contribution in [0.3, 0.4) is 0 Å². The fraction of sp³-hybridized carbons (Fsp3) is 0.268. The van der Waals surface area contributed by atoms with Crippen LogP contribution < -0.4 is 4.90 Å². The van der Waals surface area contributed by atoms with E-state index in [-0.39, 0.29) is 5.41 Å². The molecule has 1 heterocycles. The molecule has 0 fully saturated rings. The SMILES string of the molecule is CCC(C)c1ccc2c(c1)Sc1cc(C(C)(C)C)ccc1N2c1cc(-c2cc(C)cc(C)c2)cc(-c2cc(C)cc(I)c2)c1. The minimum Gasteiger partial charge on any atom is -0.308 e. The molecule has 0 saturated heterocycles. The summed E-state index contributed by atoms with van der Waals surface area (Å²) in [5.74, 6) is 0.528. The van der Waals surface area contributed by atoms with Gasteiger partial charge in [0, 0.05) is 19.0 Å². The zero-order chi connectivity index (χ0) is 31.3. The first-order valence-electron chi connectivity index (χ1n) is 15.7. The normalized spacial score (nSPS) is 13.4. The van der Waals surface area contributed by atoms with Crippen molar-refractivity contribution in [1.29, 1.82) is 0 Å². The van der Waals surface area contributed by atoms with E-state index >= 15 is 0 Å². The minimum absolute atomic E-state index is 0.0811. The number of nitrogens with zero attached hydrogens (tertiary/aromatic N) is 1. The van der Waals surface area contributed by atoms with Gasteiger partial charge in [-0.3, -0.25) is 0 Å². The van der Waals surface area contributed by atoms with Crippen LogP contribution in [0.2, 0.25) is 0 Å². The van der Waals surface area contributed by atoms with Gasteiger partial charge in [0.15, 0.2) is 0 Å². The van der Waals surface area contributed by atoms with Crippen molar-refractivity contribution < 1.29 is 0 Å². The van der Waals surface area contributed by atoms with Gasteiger partial charge >= 0.3 is 0 Å². The Bertz CT molecular complexity index is 1770. The molecular formula is C41H42INS. The highest BCUT2D eigenvalue weighted by Gasteiger charge is 2.28. The Morgan fingerprint density at radius 3 is 1.80 bits per heavy atom. The third-order valence-corrected chi connectivity index (χ3v) is 10.5. The average molecular weight is 708 g/mol. The van der Waals surface area contributed by atoms with Crippen molar-refractivity contribution in [3.05, 3.63) is 122 Å². The van der Waals surface area contributed by atoms with E-state index in [2.05, 4.69) is 174 Å². The van der Waals surface area contributed by atoms with E-state index in [1.54, 1.807) is 0 Å². The van der Waals surface area contributed by atoms with Gasteiger partial charge in [0.05, 0.1) is 11.4 Å². The molecule has 0 radical (unpaired) electrons. The zero-order valence-corrected chi connectivity index (χ0v) is 30.2. The van der Waals surface area contributed by atoms with Crippen LogP contribution in [0.15, 0.2) is 101 Å². The predicted octanol–water partition coefficient (Wildman–Crippen LogP) is 13.3. The van der Waals surface area contributed by atoms with E-state index in [1.165, 1.54) is 80.5 Å². The van der Waals surface area contributed by atoms with Crippen LogP contribution in [0.1, 0.15) is 74.8 Å². The molecule has 0 bridgehead atoms. The van der Waals surface area contributed by atoms with Crippen LogP contribution in [-0.2, 0) is 5.41 Å². The molecule has 0 aromatic heterocycles. The Hall–Kier alpha value is -3.02. The van der Waals surface area contributed by atoms with Crippen LogP contribution >= 0.6 is 34.4 Å². The number of hydrogen-bond donors (Lipinski definition) is 0. The lowest BCUT2D eigenvalue weighted by Gasteiger charge is -2.35. The highest BCUT2D eigenvalue weighted by molar-refractivity contribution is 14.1. The summed E-state index contributed by atoms with van der Waals surface area (Å²) in [6, 6.07) is 35.1. The first-order valence-corrected chi connectivity index (χ1v) is 17.6. The number of aryl methyl sites for hydroxylation is 3. The highest BCUT2D eigenvalue weighted by atomic mass is 127. The number of anilines is 3. The number of benzene rings is 5. The largest absolute Gasteiger partial charge is 0.308 e. The van der Waals surface area contributed by atoms with E-state index in [1.807, 2.05) is 11.8 Å². The maximum Gasteiger partial charge on any atom is 0.0601 e. The van der Waals surface area contributed by atoms with Gasteiger partial charge in [0.1, 0.15) is 0 Å². The summed E-state index contributed by atoms with van der Waals surface area (Å²) in [6.07, 6.45) is 1.13. The summed E-state index contributed by atoms with van der Waals surface area (Å²) in [5, 5.41) is 0. The molecule has 44 heavy (non-hydrogen) atoms. The van der Waals surface area contributed by atoms with Gasteiger partial charge in [-0.2, -0.15) is 0 Å². The van der Waals surface area contributed by atoms with Crippen molar-refractivity contribution in [2.24, 2.45) is 0 Å². The molecule has 0 aliphatic carbocycles. The molecule has 6 rings (SSSR count). The lowest BCUT2D eigenvalue weighted by molar-refractivity contribution is 0.588. The van der Waals surface area contributed by atoms with Crippen molar-refractivity contribution in [2.75, 3.05) is 4.90 Å². The van der Waals surface area contributed by atoms with Crippen molar-refractivity contribution in [3.63, 3.8) is 0 Å². The van der Waals surface area contributed by atoms with Gasteiger partial charge in [-0.05, 0) is 155 Å². The zero-order valence-electron chi connectivity index (χ0n) is 27.2. The third kappa shape index (κ3) is 6.23. The van der Waals surface area contributed by atoms with E-state index in [9.17, 15) is 0 Å². The molecule has 1 unspecified atom stereocenters. The summed E-state index contributed by atoms with van der Waals surface area (Å²) in [5.41, 5.74) is 15.4. The van der Waals surface area contributed by atoms with Crippen LogP contribution in [0.5, 0.6) is 0 Å². The fourth-order valence-corrected chi connectivity index (χ4v) is 8.20. The first-order chi connectivity index (χ1) is 20.9. The minimum atomic E-state index is 0.0811. The fourth-order valence-electron chi connectivity index (χ4n) is 6.23. The second-order valence-electron chi connectivity index (χ2n) is 13.6. The van der Waals surface area contributed by atoms with E-state index in [0.717, 1.165) is 6.42 Å². The second kappa shape index (κ2) is 12.1. The Kier molecular flexibility index (Phi) is 8.49. The molecule has 224 valence electrons. The summed E-state index contributed by atoms with van der Waals surface area (Å²) >= 11 is 4.37. The predicted molar refractivity (Wildman–Crippen MR) is 200 cm³/mol. The number of fused-ring (bicyclic) bond motifs is 2. The molecule has 1 aliphatic rings. The van der Waals surface area contributed by atoms with E-state index in [4.69, 9.17) is 0 Å². The molecule has 1 atom stereocenters. The first kappa shape index (κ1) is 31.0. The van der Waals surface area contributed by atoms with E-state index < -0.39 is 0 Å². The summed E-state index contributed by atoms with van der Waals surface area (Å²) in [7, 11) is 0. The molecule has 0 spiro atoms. The smallest absolute Gasteiger partial charge is 0.0601 e. The maximum atomic E-state index is 2.50. The Morgan fingerprint density at radius 2 is 1.20 bits per heavy atom. The van der Waals surface area contributed by atoms with Gasteiger partial charge in [-0.1, -0.05) is 93.9 Å². The van der Waals surface area contributed by atoms with Crippen LogP contribution in [0.25, 0.3) is 22.3 Å². The maximum absolute atomic E-state index is 2.50. The van der Waals surface area contributed by atoms with Crippen molar-refractivity contribution >= 4 is 51.4 Å². The Balaban J connectivity index is 1.63. The summed E-state index contributed by atoms with van der Waals surface area (Å²) in [6.45, 7) is 18.1. The Morgan fingerprint density at radius 1 is 0.659 bits per heavy atom. The topological polar surface area (TPSA) is 3.24 Å². The lowest BCUT2D eigenvalue weighted by atomic mass is 9.87. The van der Waals surface area contributed by atoms with Crippen LogP contribution in [-0.4, -0.2) is 0 Å². The average Bonchev–Trinajstić information content (AvgIpc) is 2.97. The number of rotatable bonds is 5. The standard InChI is InChI=1S/C41H42INS/c1-9-28(5)29-10-12-37-39(23-29)44-40-24-34(41(6,7)8)11-13-38(40)43(37)36-21-32(30-15-25(2)14-26(3)16-30)19-33(22-36)31-17-27(4)18-35(42)20-31/h10-24,28H,9H2,1-8H3. The molecule has 3 heteroatoms. The lowest BCUT2D eigenvalue weighted by Crippen LogP contribution is -2.17. The van der Waals surface area contributed by atoms with Crippen LogP contribution in [0.4, 0.5) is 17.1 Å². The van der Waals surface area contributed by atoms with Gasteiger partial charge < -0.3 is 4.90 Å². The van der Waals surface area contributed by atoms with Gasteiger partial charge in [-0.25, -0.2) is 0 Å². The number of halogens is 1. The van der Waals surface area contributed by atoms with Crippen LogP contribution in [0, 0.1) is 24.3 Å². The molecule has 0 saturated carbocycles. The van der Waals surface area contributed by atoms with E-state index in [0.29, 0.717) is 5.92 Å². The van der Waals surface area contributed by atoms with Gasteiger partial charge in [0.25, 0.3) is 0 Å². The summed E-state index contributed by atoms with van der Waals surface area (Å²) < 4.78 is 1.26. The monoisotopic (exact) mass is 707 g/mol. The molecule has 5 aromatic rings. The molecular weight excluding hydrogens is 665 g/mol. The third-order valence-electron chi connectivity index (χ3n) is 8.80. The second-order valence-corrected chi connectivity index (χ2v) is 15.9. The van der Waals surface area contributed by atoms with Crippen molar-refractivity contribution in [1.82, 2.24) is 0 Å². The van der Waals surface area contributed by atoms with Gasteiger partial charge in [0.2, 0.25) is 0 Å². The molecule has 0 amide bonds. The molecule has 0 N–H and O–H groups in total. The molecule has 1 aliphatic heterocycles. The molecule has 1 nitrogen and oxygen atoms in total. The summed E-state index contributed by atoms with van der Waals surface area (Å²) in [4.78, 5) is 5.14.